The molecule has 0 unspecified atom stereocenters. The number of hydrogen-bond donors (Lipinski definition) is 2. The number of unbranched alkanes of at least 4 members (excludes halogenated alkanes) is 2. The van der Waals surface area contributed by atoms with Crippen LogP contribution in [0, 0.1) is 0 Å². The van der Waals surface area contributed by atoms with Gasteiger partial charge < -0.3 is 10.8 Å². The third kappa shape index (κ3) is 9.40. The second-order valence-electron chi connectivity index (χ2n) is 3.03. The first kappa shape index (κ1) is 14.1. The molecule has 0 aromatic carbocycles. The number of carboxylic acids is 1. The molecule has 0 fully saturated rings. The van der Waals surface area contributed by atoms with Crippen LogP contribution in [0.15, 0.2) is 5.11 Å². The molecule has 0 aliphatic carbocycles. The number of carbonyl (C=O) groups is 1. The van der Waals surface area contributed by atoms with Crippen molar-refractivity contribution in [1.29, 1.82) is 0 Å². The number of rotatable bonds is 9. The molecule has 0 rings (SSSR count). The zero-order valence-electron chi connectivity index (χ0n) is 8.50. The molecule has 0 saturated heterocycles. The van der Waals surface area contributed by atoms with Gasteiger partial charge in [-0.2, -0.15) is 11.8 Å². The van der Waals surface area contributed by atoms with Crippen molar-refractivity contribution in [3.63, 3.8) is 0 Å². The molecule has 0 spiro atoms. The average molecular weight is 232 g/mol. The third-order valence-corrected chi connectivity index (χ3v) is 2.90. The molecule has 0 aromatic rings. The molecule has 15 heavy (non-hydrogen) atoms. The van der Waals surface area contributed by atoms with E-state index in [1.807, 2.05) is 0 Å². The number of carboxylic acid groups (broad SMARTS) is 1. The summed E-state index contributed by atoms with van der Waals surface area (Å²) in [5.74, 6) is 0.397. The maximum absolute atomic E-state index is 10.4. The van der Waals surface area contributed by atoms with Gasteiger partial charge in [0.1, 0.15) is 6.04 Å². The fraction of sp³-hybridized carbons (Fsp3) is 0.875. The van der Waals surface area contributed by atoms with Crippen molar-refractivity contribution in [1.82, 2.24) is 0 Å². The van der Waals surface area contributed by atoms with E-state index < -0.39 is 12.0 Å². The van der Waals surface area contributed by atoms with Crippen molar-refractivity contribution in [2.75, 3.05) is 18.1 Å². The van der Waals surface area contributed by atoms with Crippen molar-refractivity contribution in [3.8, 4) is 0 Å². The zero-order valence-corrected chi connectivity index (χ0v) is 9.32. The fourth-order valence-electron chi connectivity index (χ4n) is 0.890. The minimum atomic E-state index is -0.953. The highest BCUT2D eigenvalue weighted by Crippen LogP contribution is 2.07. The molecule has 6 nitrogen and oxygen atoms in total. The number of nitrogens with zero attached hydrogens (tertiary/aromatic N) is 3. The van der Waals surface area contributed by atoms with Crippen LogP contribution in [0.4, 0.5) is 0 Å². The van der Waals surface area contributed by atoms with Gasteiger partial charge in [-0.15, -0.1) is 0 Å². The molecule has 0 aromatic heterocycles. The second-order valence-corrected chi connectivity index (χ2v) is 4.18. The minimum absolute atomic E-state index is 0.450. The lowest BCUT2D eigenvalue weighted by Crippen LogP contribution is -2.32. The first-order valence-electron chi connectivity index (χ1n) is 4.75. The smallest absolute Gasteiger partial charge is 0.321 e. The molecule has 86 valence electrons. The van der Waals surface area contributed by atoms with Crippen LogP contribution in [0.25, 0.3) is 10.4 Å². The van der Waals surface area contributed by atoms with Crippen LogP contribution in [-0.4, -0.2) is 35.2 Å². The standard InChI is InChI=1S/C8H16N4O2S/c9-7(8(13)14)6-15-5-3-1-2-4-11-12-10/h7H,1-6,9H2,(H,13,14)/t7-/m0/s1. The molecule has 1 atom stereocenters. The Hall–Kier alpha value is -0.910. The number of thioether (sulfide) groups is 1. The summed E-state index contributed by atoms with van der Waals surface area (Å²) in [6, 6.07) is -0.766. The molecule has 0 amide bonds. The molecule has 0 aliphatic rings. The van der Waals surface area contributed by atoms with E-state index in [1.165, 1.54) is 0 Å². The summed E-state index contributed by atoms with van der Waals surface area (Å²) in [5, 5.41) is 11.9. The fourth-order valence-corrected chi connectivity index (χ4v) is 1.86. The normalized spacial score (nSPS) is 11.8. The third-order valence-electron chi connectivity index (χ3n) is 1.72. The molecule has 0 aliphatic heterocycles. The predicted molar refractivity (Wildman–Crippen MR) is 60.8 cm³/mol. The summed E-state index contributed by atoms with van der Waals surface area (Å²) in [5.41, 5.74) is 13.3. The van der Waals surface area contributed by atoms with Crippen LogP contribution < -0.4 is 5.73 Å². The summed E-state index contributed by atoms with van der Waals surface area (Å²) in [6.45, 7) is 0.538. The van der Waals surface area contributed by atoms with E-state index in [0.717, 1.165) is 25.0 Å². The molecule has 0 saturated carbocycles. The molecule has 3 N–H and O–H groups in total. The first-order valence-corrected chi connectivity index (χ1v) is 5.91. The molecule has 0 radical (unpaired) electrons. The number of azide groups is 1. The summed E-state index contributed by atoms with van der Waals surface area (Å²) in [4.78, 5) is 13.0. The number of nitrogens with two attached hydrogens (primary N) is 1. The van der Waals surface area contributed by atoms with Crippen LogP contribution >= 0.6 is 11.8 Å². The highest BCUT2D eigenvalue weighted by atomic mass is 32.2. The Balaban J connectivity index is 3.18. The van der Waals surface area contributed by atoms with Gasteiger partial charge in [0.2, 0.25) is 0 Å². The largest absolute Gasteiger partial charge is 0.480 e. The monoisotopic (exact) mass is 232 g/mol. The van der Waals surface area contributed by atoms with Gasteiger partial charge >= 0.3 is 5.97 Å². The molecule has 0 heterocycles. The van der Waals surface area contributed by atoms with Gasteiger partial charge in [0.15, 0.2) is 0 Å². The topological polar surface area (TPSA) is 112 Å². The van der Waals surface area contributed by atoms with Crippen LogP contribution in [0.2, 0.25) is 0 Å². The lowest BCUT2D eigenvalue weighted by Gasteiger charge is -2.05. The van der Waals surface area contributed by atoms with E-state index in [9.17, 15) is 4.79 Å². The van der Waals surface area contributed by atoms with Crippen LogP contribution in [0.3, 0.4) is 0 Å². The zero-order chi connectivity index (χ0) is 11.5. The summed E-state index contributed by atoms with van der Waals surface area (Å²) in [6.07, 6.45) is 2.88. The summed E-state index contributed by atoms with van der Waals surface area (Å²) in [7, 11) is 0. The molecule has 7 heteroatoms. The Morgan fingerprint density at radius 3 is 2.87 bits per heavy atom. The Morgan fingerprint density at radius 1 is 1.53 bits per heavy atom. The molecular formula is C8H16N4O2S. The van der Waals surface area contributed by atoms with Gasteiger partial charge in [-0.05, 0) is 24.1 Å². The van der Waals surface area contributed by atoms with E-state index in [4.69, 9.17) is 16.4 Å². The Kier molecular flexibility index (Phi) is 9.05. The van der Waals surface area contributed by atoms with E-state index in [1.54, 1.807) is 11.8 Å². The van der Waals surface area contributed by atoms with Crippen molar-refractivity contribution in [2.45, 2.75) is 25.3 Å². The first-order chi connectivity index (χ1) is 7.18. The lowest BCUT2D eigenvalue weighted by molar-refractivity contribution is -0.137. The van der Waals surface area contributed by atoms with Crippen molar-refractivity contribution in [3.05, 3.63) is 10.4 Å². The number of aliphatic carboxylic acids is 1. The predicted octanol–water partition coefficient (Wildman–Crippen LogP) is 1.61. The van der Waals surface area contributed by atoms with E-state index in [2.05, 4.69) is 10.0 Å². The second kappa shape index (κ2) is 9.64. The van der Waals surface area contributed by atoms with Gasteiger partial charge in [0, 0.05) is 17.2 Å². The minimum Gasteiger partial charge on any atom is -0.480 e. The van der Waals surface area contributed by atoms with Gasteiger partial charge in [-0.3, -0.25) is 4.79 Å². The Bertz CT molecular complexity index is 231. The Morgan fingerprint density at radius 2 is 2.27 bits per heavy atom. The Labute approximate surface area is 92.8 Å². The lowest BCUT2D eigenvalue weighted by atomic mass is 10.2. The van der Waals surface area contributed by atoms with Crippen LogP contribution in [0.1, 0.15) is 19.3 Å². The quantitative estimate of drug-likeness (QED) is 0.272. The highest BCUT2D eigenvalue weighted by Gasteiger charge is 2.09. The van der Waals surface area contributed by atoms with Crippen molar-refractivity contribution >= 4 is 17.7 Å². The SMILES string of the molecule is [N-]=[N+]=NCCCCCSC[C@H](N)C(=O)O. The van der Waals surface area contributed by atoms with Crippen molar-refractivity contribution in [2.24, 2.45) is 10.8 Å². The average Bonchev–Trinajstić information content (AvgIpc) is 2.21. The van der Waals surface area contributed by atoms with Gasteiger partial charge in [0.05, 0.1) is 0 Å². The summed E-state index contributed by atoms with van der Waals surface area (Å²) < 4.78 is 0. The van der Waals surface area contributed by atoms with Crippen LogP contribution in [-0.2, 0) is 4.79 Å². The van der Waals surface area contributed by atoms with Gasteiger partial charge in [-0.25, -0.2) is 0 Å². The molecule has 0 bridgehead atoms. The highest BCUT2D eigenvalue weighted by molar-refractivity contribution is 7.99. The van der Waals surface area contributed by atoms with Gasteiger partial charge in [-0.1, -0.05) is 11.5 Å². The van der Waals surface area contributed by atoms with Gasteiger partial charge in [0.25, 0.3) is 0 Å². The number of hydrogen-bond acceptors (Lipinski definition) is 4. The molecular weight excluding hydrogens is 216 g/mol. The maximum Gasteiger partial charge on any atom is 0.321 e. The van der Waals surface area contributed by atoms with E-state index in [-0.39, 0.29) is 0 Å². The van der Waals surface area contributed by atoms with E-state index >= 15 is 0 Å². The van der Waals surface area contributed by atoms with Crippen LogP contribution in [0.5, 0.6) is 0 Å². The maximum atomic E-state index is 10.4. The van der Waals surface area contributed by atoms with E-state index in [0.29, 0.717) is 12.3 Å². The van der Waals surface area contributed by atoms with Crippen molar-refractivity contribution < 1.29 is 9.90 Å². The summed E-state index contributed by atoms with van der Waals surface area (Å²) >= 11 is 1.54.